The lowest BCUT2D eigenvalue weighted by molar-refractivity contribution is -0.0586. The van der Waals surface area contributed by atoms with Crippen molar-refractivity contribution in [1.82, 2.24) is 0 Å². The van der Waals surface area contributed by atoms with E-state index in [4.69, 9.17) is 5.73 Å². The molecular formula is C10H21NO. The smallest absolute Gasteiger partial charge is 0.0712 e. The molecule has 0 saturated heterocycles. The zero-order valence-electron chi connectivity index (χ0n) is 8.43. The van der Waals surface area contributed by atoms with Gasteiger partial charge < -0.3 is 10.8 Å². The highest BCUT2D eigenvalue weighted by molar-refractivity contribution is 5.05. The van der Waals surface area contributed by atoms with E-state index in [9.17, 15) is 5.11 Å². The van der Waals surface area contributed by atoms with Crippen LogP contribution in [0, 0.1) is 11.3 Å². The van der Waals surface area contributed by atoms with E-state index in [-0.39, 0.29) is 11.3 Å². The minimum atomic E-state index is -0.559. The molecule has 0 aliphatic heterocycles. The van der Waals surface area contributed by atoms with Gasteiger partial charge in [-0.3, -0.25) is 0 Å². The summed E-state index contributed by atoms with van der Waals surface area (Å²) >= 11 is 0. The second-order valence-corrected chi connectivity index (χ2v) is 4.55. The van der Waals surface area contributed by atoms with Crippen molar-refractivity contribution in [2.75, 3.05) is 6.54 Å². The summed E-state index contributed by atoms with van der Waals surface area (Å²) in [6, 6.07) is 0. The van der Waals surface area contributed by atoms with Crippen LogP contribution < -0.4 is 5.73 Å². The van der Waals surface area contributed by atoms with Crippen LogP contribution in [0.1, 0.15) is 40.0 Å². The highest BCUT2D eigenvalue weighted by atomic mass is 16.3. The molecule has 12 heavy (non-hydrogen) atoms. The van der Waals surface area contributed by atoms with E-state index in [0.29, 0.717) is 6.54 Å². The van der Waals surface area contributed by atoms with Crippen molar-refractivity contribution in [3.63, 3.8) is 0 Å². The molecule has 2 atom stereocenters. The fourth-order valence-corrected chi connectivity index (χ4v) is 1.98. The lowest BCUT2D eigenvalue weighted by Crippen LogP contribution is -2.45. The molecule has 2 unspecified atom stereocenters. The van der Waals surface area contributed by atoms with E-state index >= 15 is 0 Å². The van der Waals surface area contributed by atoms with Crippen LogP contribution in [-0.2, 0) is 0 Å². The van der Waals surface area contributed by atoms with Crippen molar-refractivity contribution in [2.45, 2.75) is 45.6 Å². The topological polar surface area (TPSA) is 46.2 Å². The van der Waals surface area contributed by atoms with Gasteiger partial charge >= 0.3 is 0 Å². The molecule has 1 saturated carbocycles. The third-order valence-electron chi connectivity index (χ3n) is 3.79. The summed E-state index contributed by atoms with van der Waals surface area (Å²) in [6.45, 7) is 6.79. The molecule has 0 aromatic heterocycles. The van der Waals surface area contributed by atoms with Crippen molar-refractivity contribution >= 4 is 0 Å². The third kappa shape index (κ3) is 1.38. The standard InChI is InChI=1S/C10H21NO/c1-4-8(7-11)10(3,12)9(2)5-6-9/h8,12H,4-7,11H2,1-3H3. The molecule has 0 spiro atoms. The van der Waals surface area contributed by atoms with Gasteiger partial charge in [0.05, 0.1) is 5.60 Å². The van der Waals surface area contributed by atoms with Gasteiger partial charge in [0.25, 0.3) is 0 Å². The first-order chi connectivity index (χ1) is 5.48. The fourth-order valence-electron chi connectivity index (χ4n) is 1.98. The molecule has 0 aromatic rings. The van der Waals surface area contributed by atoms with Gasteiger partial charge in [0.15, 0.2) is 0 Å². The Balaban J connectivity index is 2.68. The molecule has 1 rings (SSSR count). The van der Waals surface area contributed by atoms with E-state index in [2.05, 4.69) is 13.8 Å². The van der Waals surface area contributed by atoms with Crippen LogP contribution in [0.4, 0.5) is 0 Å². The molecule has 0 amide bonds. The first kappa shape index (κ1) is 10.0. The van der Waals surface area contributed by atoms with Crippen molar-refractivity contribution in [1.29, 1.82) is 0 Å². The first-order valence-electron chi connectivity index (χ1n) is 4.90. The maximum atomic E-state index is 10.3. The van der Waals surface area contributed by atoms with Crippen LogP contribution in [0.3, 0.4) is 0 Å². The molecule has 72 valence electrons. The van der Waals surface area contributed by atoms with Crippen LogP contribution in [0.25, 0.3) is 0 Å². The molecule has 0 radical (unpaired) electrons. The summed E-state index contributed by atoms with van der Waals surface area (Å²) in [5.74, 6) is 0.255. The van der Waals surface area contributed by atoms with Gasteiger partial charge in [-0.15, -0.1) is 0 Å². The van der Waals surface area contributed by atoms with Gasteiger partial charge in [-0.1, -0.05) is 13.8 Å². The average Bonchev–Trinajstić information content (AvgIpc) is 2.71. The lowest BCUT2D eigenvalue weighted by Gasteiger charge is -2.37. The Morgan fingerprint density at radius 1 is 1.58 bits per heavy atom. The van der Waals surface area contributed by atoms with E-state index in [1.54, 1.807) is 0 Å². The molecule has 3 N–H and O–H groups in total. The first-order valence-corrected chi connectivity index (χ1v) is 4.90. The van der Waals surface area contributed by atoms with Crippen LogP contribution in [0.15, 0.2) is 0 Å². The molecule has 0 aromatic carbocycles. The van der Waals surface area contributed by atoms with Gasteiger partial charge in [0.1, 0.15) is 0 Å². The molecule has 1 fully saturated rings. The maximum absolute atomic E-state index is 10.3. The minimum Gasteiger partial charge on any atom is -0.389 e. The second-order valence-electron chi connectivity index (χ2n) is 4.55. The molecule has 1 aliphatic rings. The summed E-state index contributed by atoms with van der Waals surface area (Å²) in [5.41, 5.74) is 5.22. The van der Waals surface area contributed by atoms with E-state index in [1.807, 2.05) is 6.92 Å². The lowest BCUT2D eigenvalue weighted by atomic mass is 9.75. The fraction of sp³-hybridized carbons (Fsp3) is 1.00. The predicted octanol–water partition coefficient (Wildman–Crippen LogP) is 1.52. The number of aliphatic hydroxyl groups is 1. The van der Waals surface area contributed by atoms with Gasteiger partial charge in [-0.2, -0.15) is 0 Å². The predicted molar refractivity (Wildman–Crippen MR) is 50.8 cm³/mol. The molecule has 2 nitrogen and oxygen atoms in total. The minimum absolute atomic E-state index is 0.146. The number of rotatable bonds is 4. The van der Waals surface area contributed by atoms with E-state index in [0.717, 1.165) is 19.3 Å². The molecular weight excluding hydrogens is 150 g/mol. The summed E-state index contributed by atoms with van der Waals surface area (Å²) in [5, 5.41) is 10.3. The SMILES string of the molecule is CCC(CN)C(C)(O)C1(C)CC1. The Bertz CT molecular complexity index is 157. The van der Waals surface area contributed by atoms with Crippen LogP contribution in [-0.4, -0.2) is 17.3 Å². The summed E-state index contributed by atoms with van der Waals surface area (Å²) in [4.78, 5) is 0. The monoisotopic (exact) mass is 171 g/mol. The van der Waals surface area contributed by atoms with Gasteiger partial charge in [-0.05, 0) is 44.1 Å². The van der Waals surface area contributed by atoms with Crippen LogP contribution in [0.5, 0.6) is 0 Å². The van der Waals surface area contributed by atoms with Crippen molar-refractivity contribution in [3.05, 3.63) is 0 Å². The summed E-state index contributed by atoms with van der Waals surface area (Å²) in [6.07, 6.45) is 3.27. The number of nitrogens with two attached hydrogens (primary N) is 1. The molecule has 0 heterocycles. The van der Waals surface area contributed by atoms with E-state index in [1.165, 1.54) is 0 Å². The zero-order chi connectivity index (χ0) is 9.41. The van der Waals surface area contributed by atoms with Crippen molar-refractivity contribution in [2.24, 2.45) is 17.1 Å². The third-order valence-corrected chi connectivity index (χ3v) is 3.79. The Kier molecular flexibility index (Phi) is 2.50. The van der Waals surface area contributed by atoms with Crippen molar-refractivity contribution in [3.8, 4) is 0 Å². The highest BCUT2D eigenvalue weighted by Crippen LogP contribution is 2.56. The number of hydrogen-bond acceptors (Lipinski definition) is 2. The van der Waals surface area contributed by atoms with Gasteiger partial charge in [-0.25, -0.2) is 0 Å². The normalized spacial score (nSPS) is 27.8. The van der Waals surface area contributed by atoms with Crippen LogP contribution in [0.2, 0.25) is 0 Å². The van der Waals surface area contributed by atoms with Gasteiger partial charge in [0.2, 0.25) is 0 Å². The Morgan fingerprint density at radius 2 is 2.08 bits per heavy atom. The summed E-state index contributed by atoms with van der Waals surface area (Å²) < 4.78 is 0. The zero-order valence-corrected chi connectivity index (χ0v) is 8.43. The highest BCUT2D eigenvalue weighted by Gasteiger charge is 2.54. The summed E-state index contributed by atoms with van der Waals surface area (Å²) in [7, 11) is 0. The molecule has 0 bridgehead atoms. The van der Waals surface area contributed by atoms with Crippen LogP contribution >= 0.6 is 0 Å². The molecule has 2 heteroatoms. The molecule has 1 aliphatic carbocycles. The quantitative estimate of drug-likeness (QED) is 0.673. The van der Waals surface area contributed by atoms with Gasteiger partial charge in [0, 0.05) is 0 Å². The largest absolute Gasteiger partial charge is 0.389 e. The number of hydrogen-bond donors (Lipinski definition) is 2. The maximum Gasteiger partial charge on any atom is 0.0712 e. The average molecular weight is 171 g/mol. The Hall–Kier alpha value is -0.0800. The Labute approximate surface area is 75.2 Å². The van der Waals surface area contributed by atoms with Crippen molar-refractivity contribution < 1.29 is 5.11 Å². The second kappa shape index (κ2) is 3.00. The Morgan fingerprint density at radius 3 is 2.33 bits per heavy atom. The van der Waals surface area contributed by atoms with E-state index < -0.39 is 5.60 Å².